The zero-order valence-corrected chi connectivity index (χ0v) is 22.1. The van der Waals surface area contributed by atoms with Gasteiger partial charge in [0, 0.05) is 64.7 Å². The number of amides is 2. The van der Waals surface area contributed by atoms with E-state index < -0.39 is 5.97 Å². The third kappa shape index (κ3) is 6.66. The highest BCUT2D eigenvalue weighted by atomic mass is 35.5. The van der Waals surface area contributed by atoms with E-state index in [0.29, 0.717) is 73.4 Å². The van der Waals surface area contributed by atoms with Gasteiger partial charge in [-0.05, 0) is 37.7 Å². The number of nitrogens with two attached hydrogens (primary N) is 1. The number of carboxylic acids is 1. The molecule has 0 unspecified atom stereocenters. The molecule has 0 radical (unpaired) electrons. The number of piperidine rings is 2. The maximum absolute atomic E-state index is 13.2. The molecule has 204 valence electrons. The summed E-state index contributed by atoms with van der Waals surface area (Å²) in [7, 11) is 1.67. The van der Waals surface area contributed by atoms with Crippen LogP contribution in [0.5, 0.6) is 5.75 Å². The van der Waals surface area contributed by atoms with E-state index in [0.717, 1.165) is 37.9 Å². The molecule has 10 nitrogen and oxygen atoms in total. The second-order valence-corrected chi connectivity index (χ2v) is 10.6. The van der Waals surface area contributed by atoms with E-state index in [1.54, 1.807) is 13.2 Å². The van der Waals surface area contributed by atoms with Crippen molar-refractivity contribution < 1.29 is 29.0 Å². The average Bonchev–Trinajstić information content (AvgIpc) is 3.37. The van der Waals surface area contributed by atoms with Crippen molar-refractivity contribution in [2.24, 2.45) is 5.92 Å². The molecular formula is C26H37ClN4O6. The normalized spacial score (nSPS) is 22.4. The summed E-state index contributed by atoms with van der Waals surface area (Å²) in [5.74, 6) is -0.0349. The highest BCUT2D eigenvalue weighted by molar-refractivity contribution is 6.33. The quantitative estimate of drug-likeness (QED) is 0.409. The largest absolute Gasteiger partial charge is 0.492 e. The molecule has 2 atom stereocenters. The molecule has 2 saturated heterocycles. The smallest absolute Gasteiger partial charge is 0.303 e. The molecule has 4 rings (SSSR count). The highest BCUT2D eigenvalue weighted by Gasteiger charge is 2.34. The van der Waals surface area contributed by atoms with Crippen LogP contribution in [0.2, 0.25) is 5.02 Å². The number of fused-ring (bicyclic) bond motifs is 1. The molecule has 3 aliphatic heterocycles. The van der Waals surface area contributed by atoms with Gasteiger partial charge in [-0.3, -0.25) is 14.4 Å². The molecule has 0 bridgehead atoms. The van der Waals surface area contributed by atoms with Crippen LogP contribution in [0.25, 0.3) is 0 Å². The number of nitrogens with zero attached hydrogens (tertiary/aromatic N) is 2. The number of hydrogen-bond donors (Lipinski definition) is 3. The first-order valence-corrected chi connectivity index (χ1v) is 13.4. The zero-order valence-electron chi connectivity index (χ0n) is 21.3. The predicted octanol–water partition coefficient (Wildman–Crippen LogP) is 2.17. The zero-order chi connectivity index (χ0) is 26.5. The Morgan fingerprint density at radius 3 is 2.68 bits per heavy atom. The Morgan fingerprint density at radius 2 is 1.97 bits per heavy atom. The minimum atomic E-state index is -0.864. The van der Waals surface area contributed by atoms with Gasteiger partial charge in [0.1, 0.15) is 5.75 Å². The number of benzene rings is 1. The monoisotopic (exact) mass is 536 g/mol. The molecule has 4 N–H and O–H groups in total. The summed E-state index contributed by atoms with van der Waals surface area (Å²) < 4.78 is 11.5. The van der Waals surface area contributed by atoms with Crippen LogP contribution in [0.15, 0.2) is 6.07 Å². The van der Waals surface area contributed by atoms with E-state index >= 15 is 0 Å². The van der Waals surface area contributed by atoms with Crippen molar-refractivity contribution in [3.05, 3.63) is 22.2 Å². The van der Waals surface area contributed by atoms with Crippen LogP contribution >= 0.6 is 11.6 Å². The third-order valence-corrected chi connectivity index (χ3v) is 8.06. The van der Waals surface area contributed by atoms with Crippen molar-refractivity contribution in [2.75, 3.05) is 52.2 Å². The molecule has 3 aliphatic rings. The number of methoxy groups -OCH3 is 1. The van der Waals surface area contributed by atoms with Gasteiger partial charge in [-0.25, -0.2) is 0 Å². The number of nitrogen functional groups attached to an aromatic ring is 1. The fourth-order valence-electron chi connectivity index (χ4n) is 5.61. The van der Waals surface area contributed by atoms with Crippen molar-refractivity contribution >= 4 is 35.1 Å². The van der Waals surface area contributed by atoms with Crippen LogP contribution in [0.3, 0.4) is 0 Å². The average molecular weight is 537 g/mol. The minimum absolute atomic E-state index is 0.0307. The lowest BCUT2D eigenvalue weighted by Gasteiger charge is -2.41. The number of rotatable bonds is 9. The van der Waals surface area contributed by atoms with Gasteiger partial charge in [0.25, 0.3) is 5.91 Å². The summed E-state index contributed by atoms with van der Waals surface area (Å²) >= 11 is 6.28. The van der Waals surface area contributed by atoms with Crippen molar-refractivity contribution in [3.63, 3.8) is 0 Å². The second kappa shape index (κ2) is 12.3. The molecule has 0 saturated carbocycles. The molecule has 2 fully saturated rings. The van der Waals surface area contributed by atoms with E-state index in [1.807, 2.05) is 4.90 Å². The molecule has 1 aromatic rings. The number of halogens is 1. The lowest BCUT2D eigenvalue weighted by molar-refractivity contribution is -0.137. The van der Waals surface area contributed by atoms with E-state index in [9.17, 15) is 14.4 Å². The number of aliphatic carboxylic acids is 1. The van der Waals surface area contributed by atoms with Gasteiger partial charge >= 0.3 is 5.97 Å². The Labute approximate surface area is 222 Å². The highest BCUT2D eigenvalue weighted by Crippen LogP contribution is 2.38. The molecule has 2 amide bonds. The number of ether oxygens (including phenoxy) is 2. The summed E-state index contributed by atoms with van der Waals surface area (Å²) in [5, 5.41) is 12.2. The minimum Gasteiger partial charge on any atom is -0.492 e. The molecular weight excluding hydrogens is 500 g/mol. The van der Waals surface area contributed by atoms with E-state index in [1.165, 1.54) is 0 Å². The fourth-order valence-corrected chi connectivity index (χ4v) is 5.83. The van der Waals surface area contributed by atoms with Crippen LogP contribution in [-0.2, 0) is 20.7 Å². The Balaban J connectivity index is 1.25. The first-order chi connectivity index (χ1) is 17.8. The Bertz CT molecular complexity index is 1010. The number of hydrogen-bond acceptors (Lipinski definition) is 7. The summed E-state index contributed by atoms with van der Waals surface area (Å²) in [6.45, 7) is 4.40. The molecule has 0 aromatic heterocycles. The van der Waals surface area contributed by atoms with Crippen molar-refractivity contribution in [3.8, 4) is 5.75 Å². The summed E-state index contributed by atoms with van der Waals surface area (Å²) in [5.41, 5.74) is 7.75. The van der Waals surface area contributed by atoms with E-state index in [-0.39, 0.29) is 30.4 Å². The van der Waals surface area contributed by atoms with Gasteiger partial charge in [0.15, 0.2) is 0 Å². The molecule has 3 heterocycles. The first kappa shape index (κ1) is 27.5. The van der Waals surface area contributed by atoms with Gasteiger partial charge in [-0.2, -0.15) is 0 Å². The maximum atomic E-state index is 13.2. The molecule has 1 aromatic carbocycles. The van der Waals surface area contributed by atoms with Gasteiger partial charge < -0.3 is 35.4 Å². The fraction of sp³-hybridized carbons (Fsp3) is 0.654. The topological polar surface area (TPSA) is 134 Å². The second-order valence-electron chi connectivity index (χ2n) is 10.2. The third-order valence-electron chi connectivity index (χ3n) is 7.74. The van der Waals surface area contributed by atoms with Crippen LogP contribution in [0.4, 0.5) is 5.69 Å². The summed E-state index contributed by atoms with van der Waals surface area (Å²) in [4.78, 5) is 40.4. The van der Waals surface area contributed by atoms with Gasteiger partial charge in [-0.15, -0.1) is 0 Å². The predicted molar refractivity (Wildman–Crippen MR) is 139 cm³/mol. The van der Waals surface area contributed by atoms with E-state index in [2.05, 4.69) is 10.2 Å². The number of nitrogens with one attached hydrogen (secondary N) is 1. The van der Waals surface area contributed by atoms with Crippen LogP contribution in [-0.4, -0.2) is 91.3 Å². The molecule has 11 heteroatoms. The summed E-state index contributed by atoms with van der Waals surface area (Å²) in [6.07, 6.45) is 3.83. The number of carbonyl (C=O) groups is 3. The van der Waals surface area contributed by atoms with Crippen LogP contribution < -0.4 is 15.8 Å². The number of carboxylic acid groups (broad SMARTS) is 1. The Hall–Kier alpha value is -2.56. The lowest BCUT2D eigenvalue weighted by atomic mass is 9.93. The number of likely N-dealkylation sites (tertiary alicyclic amines) is 2. The number of carbonyl (C=O) groups excluding carboxylic acids is 2. The Kier molecular flexibility index (Phi) is 9.15. The van der Waals surface area contributed by atoms with Gasteiger partial charge in [-0.1, -0.05) is 11.6 Å². The molecule has 0 spiro atoms. The van der Waals surface area contributed by atoms with Crippen LogP contribution in [0.1, 0.15) is 54.4 Å². The van der Waals surface area contributed by atoms with Crippen molar-refractivity contribution in [1.82, 2.24) is 15.1 Å². The van der Waals surface area contributed by atoms with E-state index in [4.69, 9.17) is 31.9 Å². The SMILES string of the molecule is CO[C@H]1CN(CC2CCN(C(=O)CCCC(=O)O)CC2)CC[C@H]1NC(=O)c1cc(Cl)c(N)c2c1OCC2. The van der Waals surface area contributed by atoms with Gasteiger partial charge in [0.2, 0.25) is 5.91 Å². The van der Waals surface area contributed by atoms with Crippen molar-refractivity contribution in [2.45, 2.75) is 57.1 Å². The Morgan fingerprint density at radius 1 is 1.22 bits per heavy atom. The van der Waals surface area contributed by atoms with Crippen LogP contribution in [0, 0.1) is 5.92 Å². The van der Waals surface area contributed by atoms with Crippen molar-refractivity contribution in [1.29, 1.82) is 0 Å². The van der Waals surface area contributed by atoms with Gasteiger partial charge in [0.05, 0.1) is 35.0 Å². The lowest BCUT2D eigenvalue weighted by Crippen LogP contribution is -2.55. The standard InChI is InChI=1S/C26H37ClN4O6/c1-36-21-15-30(14-16-5-10-31(11-6-16)22(32)3-2-4-23(33)34)9-7-20(21)29-26(35)18-13-19(27)24(28)17-8-12-37-25(17)18/h13,16,20-21H,2-12,14-15,28H2,1H3,(H,29,35)(H,33,34)/t20-,21+/m1/s1. The number of anilines is 1. The summed E-state index contributed by atoms with van der Waals surface area (Å²) in [6, 6.07) is 1.45. The molecule has 0 aliphatic carbocycles. The first-order valence-electron chi connectivity index (χ1n) is 13.1. The maximum Gasteiger partial charge on any atom is 0.303 e. The molecule has 37 heavy (non-hydrogen) atoms.